The summed E-state index contributed by atoms with van der Waals surface area (Å²) in [5.41, 5.74) is 0.788. The molecule has 0 spiro atoms. The van der Waals surface area contributed by atoms with Gasteiger partial charge in [-0.15, -0.1) is 0 Å². The summed E-state index contributed by atoms with van der Waals surface area (Å²) >= 11 is 0. The van der Waals surface area contributed by atoms with Gasteiger partial charge in [0.05, 0.1) is 6.10 Å². The Morgan fingerprint density at radius 2 is 1.88 bits per heavy atom. The Balaban J connectivity index is 2.61. The van der Waals surface area contributed by atoms with Crippen LogP contribution in [0.1, 0.15) is 32.4 Å². The number of hydrogen-bond donors (Lipinski definition) is 2. The van der Waals surface area contributed by atoms with E-state index in [1.165, 1.54) is 0 Å². The van der Waals surface area contributed by atoms with Crippen LogP contribution in [0.25, 0.3) is 0 Å². The fourth-order valence-electron chi connectivity index (χ4n) is 1.21. The molecule has 17 heavy (non-hydrogen) atoms. The Morgan fingerprint density at radius 3 is 2.29 bits per heavy atom. The summed E-state index contributed by atoms with van der Waals surface area (Å²) in [6.07, 6.45) is -1.26. The molecule has 0 bridgehead atoms. The molecule has 1 atom stereocenters. The maximum Gasteiger partial charge on any atom is 0.412 e. The van der Waals surface area contributed by atoms with Crippen molar-refractivity contribution in [3.8, 4) is 0 Å². The maximum atomic E-state index is 11.5. The van der Waals surface area contributed by atoms with E-state index in [-0.39, 0.29) is 0 Å². The third-order valence-electron chi connectivity index (χ3n) is 1.94. The van der Waals surface area contributed by atoms with Crippen LogP contribution >= 0.6 is 0 Å². The van der Waals surface area contributed by atoms with E-state index in [0.717, 1.165) is 0 Å². The third kappa shape index (κ3) is 4.87. The minimum atomic E-state index is -0.759. The van der Waals surface area contributed by atoms with Gasteiger partial charge < -0.3 is 9.84 Å². The number of amides is 1. The highest BCUT2D eigenvalue weighted by atomic mass is 16.6. The van der Waals surface area contributed by atoms with Gasteiger partial charge in [-0.05, 0) is 45.4 Å². The lowest BCUT2D eigenvalue weighted by molar-refractivity contribution is 0.0636. The Labute approximate surface area is 102 Å². The number of hydrogen-bond acceptors (Lipinski definition) is 3. The number of nitrogens with one attached hydrogen (secondary N) is 1. The molecule has 1 amide bonds. The lowest BCUT2D eigenvalue weighted by Crippen LogP contribution is -2.27. The first-order valence-corrected chi connectivity index (χ1v) is 5.39. The number of anilines is 1. The molecule has 1 aromatic carbocycles. The van der Waals surface area contributed by atoms with Crippen molar-refractivity contribution in [2.24, 2.45) is 0 Å². The van der Waals surface area contributed by atoms with E-state index in [0.29, 0.717) is 11.3 Å². The molecule has 0 aliphatic rings. The highest BCUT2D eigenvalue weighted by Crippen LogP contribution is 2.16. The molecular weight excluding hydrogens is 218 g/mol. The third-order valence-corrected chi connectivity index (χ3v) is 1.94. The van der Waals surface area contributed by atoms with Gasteiger partial charge in [0.15, 0.2) is 0 Å². The van der Waals surface area contributed by atoms with Crippen molar-refractivity contribution < 1.29 is 14.6 Å². The molecule has 0 saturated carbocycles. The van der Waals surface area contributed by atoms with Crippen molar-refractivity contribution in [3.63, 3.8) is 0 Å². The molecule has 0 aliphatic heterocycles. The predicted molar refractivity (Wildman–Crippen MR) is 66.6 cm³/mol. The second-order valence-electron chi connectivity index (χ2n) is 4.76. The average Bonchev–Trinajstić information content (AvgIpc) is 2.15. The Hall–Kier alpha value is -1.55. The summed E-state index contributed by atoms with van der Waals surface area (Å²) in [5.74, 6) is 0. The van der Waals surface area contributed by atoms with E-state index in [1.54, 1.807) is 45.0 Å². The van der Waals surface area contributed by atoms with Gasteiger partial charge in [0.25, 0.3) is 0 Å². The number of carbonyl (C=O) groups is 1. The number of aliphatic hydroxyl groups excluding tert-OH is 1. The van der Waals surface area contributed by atoms with Crippen molar-refractivity contribution in [2.75, 3.05) is 5.32 Å². The first-order chi connectivity index (χ1) is 7.78. The minimum absolute atomic E-state index is 0.500. The summed E-state index contributed by atoms with van der Waals surface area (Å²) in [4.78, 5) is 11.5. The summed E-state index contributed by atoms with van der Waals surface area (Å²) in [5, 5.41) is 11.8. The average molecular weight is 236 g/mol. The van der Waals surface area contributed by atoms with Crippen molar-refractivity contribution in [2.45, 2.75) is 32.5 Å². The quantitative estimate of drug-likeness (QED) is 0.830. The molecule has 0 heterocycles. The summed E-state index contributed by atoms with van der Waals surface area (Å²) in [7, 11) is 0. The maximum absolute atomic E-state index is 11.5. The van der Waals surface area contributed by atoms with Crippen LogP contribution in [0.5, 0.6) is 0 Å². The number of aliphatic hydroxyl groups is 1. The molecule has 1 aromatic rings. The number of benzene rings is 1. The summed E-state index contributed by atoms with van der Waals surface area (Å²) in [6.45, 7) is 8.89. The summed E-state index contributed by atoms with van der Waals surface area (Å²) < 4.78 is 5.11. The zero-order chi connectivity index (χ0) is 13.1. The van der Waals surface area contributed by atoms with Crippen LogP contribution in [0.4, 0.5) is 10.5 Å². The van der Waals surface area contributed by atoms with Crippen LogP contribution in [0.15, 0.2) is 24.3 Å². The van der Waals surface area contributed by atoms with Crippen molar-refractivity contribution in [1.29, 1.82) is 0 Å². The molecule has 2 N–H and O–H groups in total. The van der Waals surface area contributed by atoms with Gasteiger partial charge in [-0.1, -0.05) is 12.1 Å². The van der Waals surface area contributed by atoms with Gasteiger partial charge in [-0.2, -0.15) is 0 Å². The standard InChI is InChI=1S/C13H18NO3/c1-9(15)10-5-7-11(8-6-10)14-12(16)17-13(2,3)4/h5-9,15H,1H2,2-4H3,(H,14,16). The lowest BCUT2D eigenvalue weighted by Gasteiger charge is -2.19. The molecule has 0 aromatic heterocycles. The van der Waals surface area contributed by atoms with E-state index in [4.69, 9.17) is 4.74 Å². The first-order valence-electron chi connectivity index (χ1n) is 5.39. The topological polar surface area (TPSA) is 58.6 Å². The Morgan fingerprint density at radius 1 is 1.35 bits per heavy atom. The molecule has 4 nitrogen and oxygen atoms in total. The van der Waals surface area contributed by atoms with Crippen LogP contribution in [-0.2, 0) is 4.74 Å². The molecule has 1 unspecified atom stereocenters. The first kappa shape index (κ1) is 13.5. The fraction of sp³-hybridized carbons (Fsp3) is 0.385. The van der Waals surface area contributed by atoms with Crippen LogP contribution in [0.3, 0.4) is 0 Å². The minimum Gasteiger partial charge on any atom is -0.444 e. The number of ether oxygens (including phenoxy) is 1. The van der Waals surface area contributed by atoms with E-state index in [1.807, 2.05) is 0 Å². The van der Waals surface area contributed by atoms with E-state index >= 15 is 0 Å². The van der Waals surface area contributed by atoms with Crippen molar-refractivity contribution in [3.05, 3.63) is 36.8 Å². The highest BCUT2D eigenvalue weighted by Gasteiger charge is 2.16. The monoisotopic (exact) mass is 236 g/mol. The van der Waals surface area contributed by atoms with E-state index in [2.05, 4.69) is 12.2 Å². The lowest BCUT2D eigenvalue weighted by atomic mass is 10.1. The molecular formula is C13H18NO3. The van der Waals surface area contributed by atoms with Crippen molar-refractivity contribution in [1.82, 2.24) is 0 Å². The normalized spacial score (nSPS) is 13.0. The Kier molecular flexibility index (Phi) is 4.12. The molecule has 1 rings (SSSR count). The zero-order valence-electron chi connectivity index (χ0n) is 10.4. The van der Waals surface area contributed by atoms with Gasteiger partial charge in [0.1, 0.15) is 5.60 Å². The van der Waals surface area contributed by atoms with Gasteiger partial charge in [0.2, 0.25) is 0 Å². The second kappa shape index (κ2) is 5.19. The molecule has 0 fully saturated rings. The zero-order valence-corrected chi connectivity index (χ0v) is 10.4. The van der Waals surface area contributed by atoms with E-state index < -0.39 is 17.8 Å². The van der Waals surface area contributed by atoms with Gasteiger partial charge in [0, 0.05) is 5.69 Å². The SMILES string of the molecule is [CH2]C(O)c1ccc(NC(=O)OC(C)(C)C)cc1. The summed E-state index contributed by atoms with van der Waals surface area (Å²) in [6, 6.07) is 6.77. The van der Waals surface area contributed by atoms with Crippen molar-refractivity contribution >= 4 is 11.8 Å². The van der Waals surface area contributed by atoms with Gasteiger partial charge >= 0.3 is 6.09 Å². The number of rotatable bonds is 2. The largest absolute Gasteiger partial charge is 0.444 e. The molecule has 4 heteroatoms. The van der Waals surface area contributed by atoms with Gasteiger partial charge in [-0.3, -0.25) is 5.32 Å². The van der Waals surface area contributed by atoms with Crippen LogP contribution < -0.4 is 5.32 Å². The van der Waals surface area contributed by atoms with E-state index in [9.17, 15) is 9.90 Å². The van der Waals surface area contributed by atoms with Gasteiger partial charge in [-0.25, -0.2) is 4.79 Å². The molecule has 1 radical (unpaired) electrons. The fourth-order valence-corrected chi connectivity index (χ4v) is 1.21. The molecule has 93 valence electrons. The predicted octanol–water partition coefficient (Wildman–Crippen LogP) is 2.90. The second-order valence-corrected chi connectivity index (χ2v) is 4.76. The highest BCUT2D eigenvalue weighted by molar-refractivity contribution is 5.84. The molecule has 0 aliphatic carbocycles. The Bertz CT molecular complexity index is 377. The number of carbonyl (C=O) groups excluding carboxylic acids is 1. The molecule has 0 saturated heterocycles. The smallest absolute Gasteiger partial charge is 0.412 e. The van der Waals surface area contributed by atoms with Crippen LogP contribution in [0, 0.1) is 6.92 Å². The van der Waals surface area contributed by atoms with Crippen LogP contribution in [0.2, 0.25) is 0 Å². The van der Waals surface area contributed by atoms with Crippen LogP contribution in [-0.4, -0.2) is 16.8 Å².